The smallest absolute Gasteiger partial charge is 0.150 e. The van der Waals surface area contributed by atoms with E-state index >= 15 is 0 Å². The van der Waals surface area contributed by atoms with E-state index in [4.69, 9.17) is 11.6 Å². The SMILES string of the molecule is O=Cc1cc(F)cc(C(O)C(O)CCCl)c1. The Morgan fingerprint density at radius 2 is 2.06 bits per heavy atom. The van der Waals surface area contributed by atoms with E-state index in [1.165, 1.54) is 6.07 Å². The Morgan fingerprint density at radius 3 is 2.62 bits per heavy atom. The Kier molecular flexibility index (Phi) is 4.86. The van der Waals surface area contributed by atoms with E-state index in [-0.39, 0.29) is 23.4 Å². The summed E-state index contributed by atoms with van der Waals surface area (Å²) in [7, 11) is 0. The molecule has 0 aliphatic rings. The molecule has 1 aromatic carbocycles. The Bertz CT molecular complexity index is 370. The zero-order valence-electron chi connectivity index (χ0n) is 8.44. The summed E-state index contributed by atoms with van der Waals surface area (Å²) in [6.07, 6.45) is -1.64. The van der Waals surface area contributed by atoms with Crippen LogP contribution in [0.3, 0.4) is 0 Å². The molecule has 0 heterocycles. The minimum absolute atomic E-state index is 0.118. The molecule has 16 heavy (non-hydrogen) atoms. The molecule has 0 aromatic heterocycles. The summed E-state index contributed by atoms with van der Waals surface area (Å²) >= 11 is 5.42. The van der Waals surface area contributed by atoms with Crippen molar-refractivity contribution >= 4 is 17.9 Å². The first-order valence-corrected chi connectivity index (χ1v) is 5.29. The lowest BCUT2D eigenvalue weighted by molar-refractivity contribution is 0.0168. The molecule has 1 rings (SSSR count). The summed E-state index contributed by atoms with van der Waals surface area (Å²) in [5.41, 5.74) is 0.284. The molecule has 0 radical (unpaired) electrons. The summed E-state index contributed by atoms with van der Waals surface area (Å²) < 4.78 is 13.0. The van der Waals surface area contributed by atoms with Crippen LogP contribution in [0.2, 0.25) is 0 Å². The van der Waals surface area contributed by atoms with Crippen molar-refractivity contribution in [3.8, 4) is 0 Å². The maximum absolute atomic E-state index is 13.0. The first-order chi connectivity index (χ1) is 7.58. The molecule has 0 saturated heterocycles. The second kappa shape index (κ2) is 5.94. The maximum Gasteiger partial charge on any atom is 0.150 e. The highest BCUT2D eigenvalue weighted by atomic mass is 35.5. The Balaban J connectivity index is 2.93. The van der Waals surface area contributed by atoms with Gasteiger partial charge >= 0.3 is 0 Å². The number of aliphatic hydroxyl groups is 2. The van der Waals surface area contributed by atoms with E-state index < -0.39 is 18.0 Å². The molecule has 0 amide bonds. The van der Waals surface area contributed by atoms with Gasteiger partial charge in [-0.1, -0.05) is 0 Å². The molecule has 2 unspecified atom stereocenters. The third-order valence-corrected chi connectivity index (χ3v) is 2.41. The Morgan fingerprint density at radius 1 is 1.38 bits per heavy atom. The van der Waals surface area contributed by atoms with E-state index in [0.717, 1.165) is 12.1 Å². The third kappa shape index (κ3) is 3.27. The molecule has 0 spiro atoms. The van der Waals surface area contributed by atoms with Gasteiger partial charge in [0.25, 0.3) is 0 Å². The van der Waals surface area contributed by atoms with Crippen LogP contribution in [-0.2, 0) is 0 Å². The number of alkyl halides is 1. The average molecular weight is 247 g/mol. The maximum atomic E-state index is 13.0. The lowest BCUT2D eigenvalue weighted by Gasteiger charge is -2.17. The summed E-state index contributed by atoms with van der Waals surface area (Å²) in [5, 5.41) is 19.2. The van der Waals surface area contributed by atoms with Gasteiger partial charge in [0.05, 0.1) is 6.10 Å². The Labute approximate surface area is 97.5 Å². The number of hydrogen-bond donors (Lipinski definition) is 2. The topological polar surface area (TPSA) is 57.5 Å². The monoisotopic (exact) mass is 246 g/mol. The second-order valence-electron chi connectivity index (χ2n) is 3.43. The second-order valence-corrected chi connectivity index (χ2v) is 3.80. The summed E-state index contributed by atoms with van der Waals surface area (Å²) in [5.74, 6) is -0.439. The van der Waals surface area contributed by atoms with Crippen LogP contribution in [0, 0.1) is 5.82 Å². The zero-order valence-corrected chi connectivity index (χ0v) is 9.19. The van der Waals surface area contributed by atoms with Gasteiger partial charge in [-0.2, -0.15) is 0 Å². The van der Waals surface area contributed by atoms with E-state index in [1.807, 2.05) is 0 Å². The predicted molar refractivity (Wildman–Crippen MR) is 58.1 cm³/mol. The van der Waals surface area contributed by atoms with E-state index in [1.54, 1.807) is 0 Å². The van der Waals surface area contributed by atoms with E-state index in [9.17, 15) is 19.4 Å². The largest absolute Gasteiger partial charge is 0.390 e. The number of aliphatic hydroxyl groups excluding tert-OH is 2. The van der Waals surface area contributed by atoms with Gasteiger partial charge < -0.3 is 10.2 Å². The molecule has 0 bridgehead atoms. The fourth-order valence-electron chi connectivity index (χ4n) is 1.37. The molecule has 2 atom stereocenters. The Hall–Kier alpha value is -0.970. The fraction of sp³-hybridized carbons (Fsp3) is 0.364. The first-order valence-electron chi connectivity index (χ1n) is 4.76. The molecular formula is C11H12ClFO3. The van der Waals surface area contributed by atoms with Gasteiger partial charge in [-0.05, 0) is 30.2 Å². The fourth-order valence-corrected chi connectivity index (χ4v) is 1.59. The van der Waals surface area contributed by atoms with Crippen molar-refractivity contribution in [1.29, 1.82) is 0 Å². The minimum Gasteiger partial charge on any atom is -0.390 e. The van der Waals surface area contributed by atoms with Gasteiger partial charge in [-0.3, -0.25) is 4.79 Å². The lowest BCUT2D eigenvalue weighted by atomic mass is 10.0. The number of hydrogen-bond acceptors (Lipinski definition) is 3. The quantitative estimate of drug-likeness (QED) is 0.614. The van der Waals surface area contributed by atoms with Crippen molar-refractivity contribution in [2.24, 2.45) is 0 Å². The predicted octanol–water partition coefficient (Wildman–Crippen LogP) is 1.66. The third-order valence-electron chi connectivity index (χ3n) is 2.19. The van der Waals surface area contributed by atoms with Crippen molar-refractivity contribution in [2.45, 2.75) is 18.6 Å². The molecule has 88 valence electrons. The number of aldehydes is 1. The van der Waals surface area contributed by atoms with Crippen LogP contribution in [0.15, 0.2) is 18.2 Å². The standard InChI is InChI=1S/C11H12ClFO3/c12-2-1-10(15)11(16)8-3-7(6-14)4-9(13)5-8/h3-6,10-11,15-16H,1-2H2. The van der Waals surface area contributed by atoms with Crippen LogP contribution in [0.4, 0.5) is 4.39 Å². The van der Waals surface area contributed by atoms with Gasteiger partial charge in [-0.25, -0.2) is 4.39 Å². The van der Waals surface area contributed by atoms with Gasteiger partial charge in [0.1, 0.15) is 18.2 Å². The highest BCUT2D eigenvalue weighted by Gasteiger charge is 2.18. The van der Waals surface area contributed by atoms with E-state index in [0.29, 0.717) is 6.29 Å². The molecule has 2 N–H and O–H groups in total. The van der Waals surface area contributed by atoms with Crippen LogP contribution in [-0.4, -0.2) is 28.5 Å². The zero-order chi connectivity index (χ0) is 12.1. The van der Waals surface area contributed by atoms with Crippen LogP contribution in [0.1, 0.15) is 28.4 Å². The molecule has 0 fully saturated rings. The van der Waals surface area contributed by atoms with Crippen molar-refractivity contribution in [1.82, 2.24) is 0 Å². The van der Waals surface area contributed by atoms with Crippen molar-refractivity contribution in [3.05, 3.63) is 35.1 Å². The van der Waals surface area contributed by atoms with Crippen LogP contribution in [0.5, 0.6) is 0 Å². The highest BCUT2D eigenvalue weighted by molar-refractivity contribution is 6.17. The summed E-state index contributed by atoms with van der Waals surface area (Å²) in [4.78, 5) is 10.5. The molecule has 1 aromatic rings. The van der Waals surface area contributed by atoms with Gasteiger partial charge in [-0.15, -0.1) is 11.6 Å². The molecule has 0 aliphatic carbocycles. The molecule has 0 saturated carbocycles. The number of carbonyl (C=O) groups excluding carboxylic acids is 1. The van der Waals surface area contributed by atoms with E-state index in [2.05, 4.69) is 0 Å². The number of halogens is 2. The van der Waals surface area contributed by atoms with Gasteiger partial charge in [0, 0.05) is 11.4 Å². The number of benzene rings is 1. The van der Waals surface area contributed by atoms with Crippen LogP contribution < -0.4 is 0 Å². The minimum atomic E-state index is -1.24. The van der Waals surface area contributed by atoms with Crippen molar-refractivity contribution in [3.63, 3.8) is 0 Å². The van der Waals surface area contributed by atoms with Crippen LogP contribution in [0.25, 0.3) is 0 Å². The van der Waals surface area contributed by atoms with Crippen LogP contribution >= 0.6 is 11.6 Å². The lowest BCUT2D eigenvalue weighted by Crippen LogP contribution is -2.19. The van der Waals surface area contributed by atoms with Gasteiger partial charge in [0.15, 0.2) is 0 Å². The average Bonchev–Trinajstić information content (AvgIpc) is 2.27. The molecule has 5 heteroatoms. The van der Waals surface area contributed by atoms with Crippen molar-refractivity contribution < 1.29 is 19.4 Å². The molecule has 0 aliphatic heterocycles. The summed E-state index contributed by atoms with van der Waals surface area (Å²) in [6, 6.07) is 3.46. The normalized spacial score (nSPS) is 14.5. The number of carbonyl (C=O) groups is 1. The van der Waals surface area contributed by atoms with Crippen molar-refractivity contribution in [2.75, 3.05) is 5.88 Å². The molecular weight excluding hydrogens is 235 g/mol. The number of rotatable bonds is 5. The highest BCUT2D eigenvalue weighted by Crippen LogP contribution is 2.21. The first kappa shape index (κ1) is 13.1. The molecule has 3 nitrogen and oxygen atoms in total. The summed E-state index contributed by atoms with van der Waals surface area (Å²) in [6.45, 7) is 0. The van der Waals surface area contributed by atoms with Gasteiger partial charge in [0.2, 0.25) is 0 Å².